The highest BCUT2D eigenvalue weighted by molar-refractivity contribution is 6.30. The lowest BCUT2D eigenvalue weighted by Crippen LogP contribution is -2.41. The third-order valence-electron chi connectivity index (χ3n) is 2.85. The lowest BCUT2D eigenvalue weighted by atomic mass is 10.3. The lowest BCUT2D eigenvalue weighted by molar-refractivity contribution is 0.0842. The van der Waals surface area contributed by atoms with Gasteiger partial charge < -0.3 is 9.97 Å². The van der Waals surface area contributed by atoms with Gasteiger partial charge in [0, 0.05) is 11.6 Å². The van der Waals surface area contributed by atoms with E-state index < -0.39 is 11.8 Å². The number of carbonyl (C=O) groups excluding carboxylic acids is 2. The second-order valence-electron chi connectivity index (χ2n) is 4.27. The van der Waals surface area contributed by atoms with Crippen LogP contribution in [0.4, 0.5) is 0 Å². The molecule has 2 amide bonds. The van der Waals surface area contributed by atoms with Crippen molar-refractivity contribution in [2.24, 2.45) is 0 Å². The number of aromatic nitrogens is 3. The van der Waals surface area contributed by atoms with Crippen molar-refractivity contribution in [2.45, 2.75) is 0 Å². The van der Waals surface area contributed by atoms with Gasteiger partial charge in [0.05, 0.1) is 11.7 Å². The second-order valence-corrected chi connectivity index (χ2v) is 4.66. The number of hydrazine groups is 1. The number of hydrogen-bond acceptors (Lipinski definition) is 3. The highest BCUT2D eigenvalue weighted by Crippen LogP contribution is 2.17. The molecule has 3 aromatic rings. The standard InChI is InChI=1S/C13H10ClN5O2/c14-11-5-7-4-9(17-10(7)6-16-11)13(21)19-18-12(20)8-2-1-3-15-8/h1-6,15,17H,(H,18,20)(H,19,21). The van der Waals surface area contributed by atoms with Gasteiger partial charge in [-0.05, 0) is 24.3 Å². The molecule has 0 radical (unpaired) electrons. The summed E-state index contributed by atoms with van der Waals surface area (Å²) in [5, 5.41) is 1.10. The molecule has 0 aliphatic rings. The number of nitrogens with zero attached hydrogens (tertiary/aromatic N) is 1. The summed E-state index contributed by atoms with van der Waals surface area (Å²) in [7, 11) is 0. The first-order chi connectivity index (χ1) is 10.1. The van der Waals surface area contributed by atoms with Crippen LogP contribution in [0.25, 0.3) is 10.9 Å². The average molecular weight is 304 g/mol. The summed E-state index contributed by atoms with van der Waals surface area (Å²) in [6.45, 7) is 0. The number of hydrogen-bond donors (Lipinski definition) is 4. The highest BCUT2D eigenvalue weighted by Gasteiger charge is 2.12. The van der Waals surface area contributed by atoms with Gasteiger partial charge in [0.25, 0.3) is 11.8 Å². The van der Waals surface area contributed by atoms with Gasteiger partial charge in [0.15, 0.2) is 0 Å². The molecule has 0 aliphatic carbocycles. The van der Waals surface area contributed by atoms with E-state index in [1.165, 1.54) is 6.20 Å². The van der Waals surface area contributed by atoms with Gasteiger partial charge in [-0.25, -0.2) is 4.98 Å². The van der Waals surface area contributed by atoms with Crippen LogP contribution >= 0.6 is 11.6 Å². The number of carbonyl (C=O) groups is 2. The zero-order chi connectivity index (χ0) is 14.8. The van der Waals surface area contributed by atoms with Crippen molar-refractivity contribution in [1.82, 2.24) is 25.8 Å². The molecule has 8 heteroatoms. The topological polar surface area (TPSA) is 103 Å². The minimum atomic E-state index is -0.470. The van der Waals surface area contributed by atoms with Crippen molar-refractivity contribution in [3.8, 4) is 0 Å². The molecule has 3 rings (SSSR count). The Labute approximate surface area is 123 Å². The van der Waals surface area contributed by atoms with E-state index >= 15 is 0 Å². The van der Waals surface area contributed by atoms with Crippen LogP contribution in [0.5, 0.6) is 0 Å². The first-order valence-corrected chi connectivity index (χ1v) is 6.39. The fraction of sp³-hybridized carbons (Fsp3) is 0. The highest BCUT2D eigenvalue weighted by atomic mass is 35.5. The minimum absolute atomic E-state index is 0.292. The van der Waals surface area contributed by atoms with E-state index in [0.29, 0.717) is 22.1 Å². The van der Waals surface area contributed by atoms with Crippen LogP contribution < -0.4 is 10.9 Å². The van der Waals surface area contributed by atoms with E-state index in [0.717, 1.165) is 5.39 Å². The minimum Gasteiger partial charge on any atom is -0.357 e. The van der Waals surface area contributed by atoms with E-state index in [4.69, 9.17) is 11.6 Å². The van der Waals surface area contributed by atoms with Crippen molar-refractivity contribution in [3.63, 3.8) is 0 Å². The van der Waals surface area contributed by atoms with Gasteiger partial charge in [-0.15, -0.1) is 0 Å². The molecular formula is C13H10ClN5O2. The average Bonchev–Trinajstić information content (AvgIpc) is 3.12. The quantitative estimate of drug-likeness (QED) is 0.427. The smallest absolute Gasteiger partial charge is 0.286 e. The Hall–Kier alpha value is -2.80. The van der Waals surface area contributed by atoms with Crippen LogP contribution in [0.1, 0.15) is 21.0 Å². The Bertz CT molecular complexity index is 809. The molecule has 0 saturated carbocycles. The number of halogens is 1. The number of fused-ring (bicyclic) bond motifs is 1. The Kier molecular flexibility index (Phi) is 3.33. The van der Waals surface area contributed by atoms with Crippen molar-refractivity contribution >= 4 is 34.3 Å². The molecule has 7 nitrogen and oxygen atoms in total. The van der Waals surface area contributed by atoms with Crippen LogP contribution in [0.15, 0.2) is 36.7 Å². The summed E-state index contributed by atoms with van der Waals surface area (Å²) in [4.78, 5) is 33.2. The second kappa shape index (κ2) is 5.29. The van der Waals surface area contributed by atoms with E-state index in [1.807, 2.05) is 0 Å². The molecule has 0 saturated heterocycles. The lowest BCUT2D eigenvalue weighted by Gasteiger charge is -2.04. The Morgan fingerprint density at radius 1 is 1.14 bits per heavy atom. The maximum Gasteiger partial charge on any atom is 0.286 e. The molecule has 0 unspecified atom stereocenters. The summed E-state index contributed by atoms with van der Waals surface area (Å²) in [5.74, 6) is -0.906. The van der Waals surface area contributed by atoms with Gasteiger partial charge in [-0.1, -0.05) is 11.6 Å². The zero-order valence-corrected chi connectivity index (χ0v) is 11.4. The fourth-order valence-electron chi connectivity index (χ4n) is 1.85. The predicted octanol–water partition coefficient (Wildman–Crippen LogP) is 1.62. The zero-order valence-electron chi connectivity index (χ0n) is 10.6. The Morgan fingerprint density at radius 3 is 2.62 bits per heavy atom. The molecule has 0 aliphatic heterocycles. The molecule has 0 bridgehead atoms. The molecule has 106 valence electrons. The number of aromatic amines is 2. The predicted molar refractivity (Wildman–Crippen MR) is 76.8 cm³/mol. The SMILES string of the molecule is O=C(NNC(=O)c1cc2cc(Cl)ncc2[nH]1)c1ccc[nH]1. The summed E-state index contributed by atoms with van der Waals surface area (Å²) in [6.07, 6.45) is 3.15. The van der Waals surface area contributed by atoms with Crippen LogP contribution in [-0.4, -0.2) is 26.8 Å². The molecule has 21 heavy (non-hydrogen) atoms. The van der Waals surface area contributed by atoms with E-state index in [9.17, 15) is 9.59 Å². The van der Waals surface area contributed by atoms with Crippen molar-refractivity contribution in [1.29, 1.82) is 0 Å². The third kappa shape index (κ3) is 2.72. The maximum atomic E-state index is 12.0. The Morgan fingerprint density at radius 2 is 1.90 bits per heavy atom. The van der Waals surface area contributed by atoms with Gasteiger partial charge in [-0.2, -0.15) is 0 Å². The molecule has 4 N–H and O–H groups in total. The van der Waals surface area contributed by atoms with Crippen LogP contribution in [0, 0.1) is 0 Å². The maximum absolute atomic E-state index is 12.0. The number of H-pyrrole nitrogens is 2. The van der Waals surface area contributed by atoms with Gasteiger partial charge in [0.1, 0.15) is 16.5 Å². The summed E-state index contributed by atoms with van der Waals surface area (Å²) >= 11 is 5.78. The molecule has 3 heterocycles. The number of nitrogens with one attached hydrogen (secondary N) is 4. The van der Waals surface area contributed by atoms with Crippen molar-refractivity contribution in [2.75, 3.05) is 0 Å². The van der Waals surface area contributed by atoms with E-state index in [-0.39, 0.29) is 0 Å². The van der Waals surface area contributed by atoms with Crippen LogP contribution in [-0.2, 0) is 0 Å². The first kappa shape index (κ1) is 13.2. The van der Waals surface area contributed by atoms with Crippen molar-refractivity contribution < 1.29 is 9.59 Å². The summed E-state index contributed by atoms with van der Waals surface area (Å²) in [6, 6.07) is 6.55. The van der Waals surface area contributed by atoms with Gasteiger partial charge in [0.2, 0.25) is 0 Å². The van der Waals surface area contributed by atoms with Crippen LogP contribution in [0.3, 0.4) is 0 Å². The molecular weight excluding hydrogens is 294 g/mol. The van der Waals surface area contributed by atoms with Crippen molar-refractivity contribution in [3.05, 3.63) is 53.2 Å². The van der Waals surface area contributed by atoms with Gasteiger partial charge in [-0.3, -0.25) is 20.4 Å². The summed E-state index contributed by atoms with van der Waals surface area (Å²) < 4.78 is 0. The normalized spacial score (nSPS) is 10.5. The molecule has 0 spiro atoms. The number of amides is 2. The fourth-order valence-corrected chi connectivity index (χ4v) is 2.01. The van der Waals surface area contributed by atoms with E-state index in [1.54, 1.807) is 30.5 Å². The number of pyridine rings is 1. The number of rotatable bonds is 2. The molecule has 0 fully saturated rings. The van der Waals surface area contributed by atoms with E-state index in [2.05, 4.69) is 25.8 Å². The third-order valence-corrected chi connectivity index (χ3v) is 3.06. The Balaban J connectivity index is 1.70. The molecule has 0 aromatic carbocycles. The molecule has 0 atom stereocenters. The van der Waals surface area contributed by atoms with Gasteiger partial charge >= 0.3 is 0 Å². The summed E-state index contributed by atoms with van der Waals surface area (Å²) in [5.41, 5.74) is 5.95. The molecule has 3 aromatic heterocycles. The monoisotopic (exact) mass is 303 g/mol. The largest absolute Gasteiger partial charge is 0.357 e. The first-order valence-electron chi connectivity index (χ1n) is 6.02. The van der Waals surface area contributed by atoms with Crippen LogP contribution in [0.2, 0.25) is 5.15 Å².